The number of aliphatic carboxylic acids is 1. The van der Waals surface area contributed by atoms with Gasteiger partial charge >= 0.3 is 5.97 Å². The molecule has 0 aromatic heterocycles. The maximum absolute atomic E-state index is 11.9. The summed E-state index contributed by atoms with van der Waals surface area (Å²) in [4.78, 5) is 23.2. The van der Waals surface area contributed by atoms with Gasteiger partial charge in [0.05, 0.1) is 11.5 Å². The summed E-state index contributed by atoms with van der Waals surface area (Å²) in [5, 5.41) is 15.2. The molecule has 5 heteroatoms. The van der Waals surface area contributed by atoms with Crippen LogP contribution in [0, 0.1) is 0 Å². The summed E-state index contributed by atoms with van der Waals surface area (Å²) in [6.45, 7) is 0.887. The third-order valence-corrected chi connectivity index (χ3v) is 4.24. The number of rotatable bonds is 4. The quantitative estimate of drug-likeness (QED) is 0.777. The highest BCUT2D eigenvalue weighted by molar-refractivity contribution is 5.95. The lowest BCUT2D eigenvalue weighted by Gasteiger charge is -2.13. The number of hydrogen-bond acceptors (Lipinski definition) is 3. The molecule has 1 atom stereocenters. The number of benzene rings is 1. The van der Waals surface area contributed by atoms with Gasteiger partial charge in [-0.15, -0.1) is 0 Å². The van der Waals surface area contributed by atoms with Crippen molar-refractivity contribution in [3.63, 3.8) is 0 Å². The SMILES string of the molecule is O=C(Nc1ccc(C2(C(=O)O)CC2)cc1)C1CCCN1. The van der Waals surface area contributed by atoms with Crippen molar-refractivity contribution in [1.29, 1.82) is 0 Å². The van der Waals surface area contributed by atoms with E-state index in [2.05, 4.69) is 10.6 Å². The third kappa shape index (κ3) is 2.29. The Labute approximate surface area is 117 Å². The van der Waals surface area contributed by atoms with Crippen LogP contribution in [0.15, 0.2) is 24.3 Å². The minimum absolute atomic E-state index is 0.0189. The number of carboxylic acid groups (broad SMARTS) is 1. The van der Waals surface area contributed by atoms with Gasteiger partial charge in [-0.3, -0.25) is 9.59 Å². The van der Waals surface area contributed by atoms with Crippen LogP contribution in [0.2, 0.25) is 0 Å². The number of carboxylic acids is 1. The zero-order chi connectivity index (χ0) is 14.2. The van der Waals surface area contributed by atoms with Crippen molar-refractivity contribution in [3.8, 4) is 0 Å². The number of anilines is 1. The molecule has 1 aliphatic heterocycles. The fourth-order valence-electron chi connectivity index (χ4n) is 2.76. The predicted molar refractivity (Wildman–Crippen MR) is 74.6 cm³/mol. The summed E-state index contributed by atoms with van der Waals surface area (Å²) in [5.74, 6) is -0.779. The zero-order valence-corrected chi connectivity index (χ0v) is 11.2. The number of amides is 1. The summed E-state index contributed by atoms with van der Waals surface area (Å²) < 4.78 is 0. The highest BCUT2D eigenvalue weighted by atomic mass is 16.4. The molecule has 2 aliphatic rings. The van der Waals surface area contributed by atoms with Crippen LogP contribution in [-0.2, 0) is 15.0 Å². The Morgan fingerprint density at radius 1 is 1.25 bits per heavy atom. The number of nitrogens with one attached hydrogen (secondary N) is 2. The normalized spacial score (nSPS) is 23.3. The first kappa shape index (κ1) is 13.1. The number of hydrogen-bond donors (Lipinski definition) is 3. The third-order valence-electron chi connectivity index (χ3n) is 4.24. The van der Waals surface area contributed by atoms with E-state index < -0.39 is 11.4 Å². The molecule has 5 nitrogen and oxygen atoms in total. The Morgan fingerprint density at radius 3 is 2.45 bits per heavy atom. The lowest BCUT2D eigenvalue weighted by Crippen LogP contribution is -2.35. The van der Waals surface area contributed by atoms with E-state index in [1.54, 1.807) is 24.3 Å². The van der Waals surface area contributed by atoms with E-state index in [9.17, 15) is 14.7 Å². The molecule has 2 fully saturated rings. The highest BCUT2D eigenvalue weighted by Gasteiger charge is 2.51. The Bertz CT molecular complexity index is 529. The van der Waals surface area contributed by atoms with Crippen LogP contribution in [0.1, 0.15) is 31.2 Å². The molecule has 1 aromatic carbocycles. The minimum Gasteiger partial charge on any atom is -0.481 e. The fraction of sp³-hybridized carbons (Fsp3) is 0.467. The molecule has 0 bridgehead atoms. The molecule has 1 aromatic rings. The van der Waals surface area contributed by atoms with Crippen molar-refractivity contribution in [3.05, 3.63) is 29.8 Å². The van der Waals surface area contributed by atoms with Gasteiger partial charge < -0.3 is 15.7 Å². The molecule has 106 valence electrons. The average molecular weight is 274 g/mol. The molecule has 20 heavy (non-hydrogen) atoms. The van der Waals surface area contributed by atoms with Gasteiger partial charge in [0.1, 0.15) is 0 Å². The summed E-state index contributed by atoms with van der Waals surface area (Å²) in [6.07, 6.45) is 3.28. The van der Waals surface area contributed by atoms with Gasteiger partial charge in [-0.2, -0.15) is 0 Å². The number of carbonyl (C=O) groups is 2. The predicted octanol–water partition coefficient (Wildman–Crippen LogP) is 1.49. The van der Waals surface area contributed by atoms with Crippen LogP contribution in [0.3, 0.4) is 0 Å². The van der Waals surface area contributed by atoms with E-state index in [1.165, 1.54) is 0 Å². The molecule has 1 unspecified atom stereocenters. The van der Waals surface area contributed by atoms with Gasteiger partial charge in [0.2, 0.25) is 5.91 Å². The first-order chi connectivity index (χ1) is 9.62. The Balaban J connectivity index is 1.67. The Morgan fingerprint density at radius 2 is 1.95 bits per heavy atom. The monoisotopic (exact) mass is 274 g/mol. The maximum atomic E-state index is 11.9. The maximum Gasteiger partial charge on any atom is 0.314 e. The molecule has 0 radical (unpaired) electrons. The van der Waals surface area contributed by atoms with Gasteiger partial charge in [-0.05, 0) is 49.9 Å². The largest absolute Gasteiger partial charge is 0.481 e. The summed E-state index contributed by atoms with van der Waals surface area (Å²) in [6, 6.07) is 7.07. The van der Waals surface area contributed by atoms with E-state index in [4.69, 9.17) is 0 Å². The van der Waals surface area contributed by atoms with Crippen molar-refractivity contribution >= 4 is 17.6 Å². The Kier molecular flexibility index (Phi) is 3.22. The van der Waals surface area contributed by atoms with Crippen molar-refractivity contribution in [2.45, 2.75) is 37.1 Å². The van der Waals surface area contributed by atoms with Gasteiger partial charge in [0.25, 0.3) is 0 Å². The van der Waals surface area contributed by atoms with E-state index in [0.717, 1.165) is 24.9 Å². The van der Waals surface area contributed by atoms with Gasteiger partial charge in [0.15, 0.2) is 0 Å². The second-order valence-electron chi connectivity index (χ2n) is 5.60. The minimum atomic E-state index is -0.760. The molecule has 1 heterocycles. The first-order valence-corrected chi connectivity index (χ1v) is 7.00. The van der Waals surface area contributed by atoms with Crippen LogP contribution in [-0.4, -0.2) is 29.6 Å². The summed E-state index contributed by atoms with van der Waals surface area (Å²) in [7, 11) is 0. The highest BCUT2D eigenvalue weighted by Crippen LogP contribution is 2.48. The number of carbonyl (C=O) groups excluding carboxylic acids is 1. The smallest absolute Gasteiger partial charge is 0.314 e. The standard InChI is InChI=1S/C15H18N2O3/c18-13(12-2-1-9-16-12)17-11-5-3-10(4-6-11)15(7-8-15)14(19)20/h3-6,12,16H,1-2,7-9H2,(H,17,18)(H,19,20). The average Bonchev–Trinajstić information content (AvgIpc) is 3.07. The van der Waals surface area contributed by atoms with Gasteiger partial charge in [-0.25, -0.2) is 0 Å². The molecule has 1 aliphatic carbocycles. The molecule has 0 spiro atoms. The van der Waals surface area contributed by atoms with Crippen LogP contribution < -0.4 is 10.6 Å². The Hall–Kier alpha value is -1.88. The second-order valence-corrected chi connectivity index (χ2v) is 5.60. The molecule has 3 N–H and O–H groups in total. The molecular formula is C15H18N2O3. The van der Waals surface area contributed by atoms with Crippen molar-refractivity contribution in [2.75, 3.05) is 11.9 Å². The zero-order valence-electron chi connectivity index (χ0n) is 11.2. The molecule has 1 amide bonds. The van der Waals surface area contributed by atoms with Crippen LogP contribution in [0.25, 0.3) is 0 Å². The second kappa shape index (κ2) is 4.90. The summed E-state index contributed by atoms with van der Waals surface area (Å²) >= 11 is 0. The van der Waals surface area contributed by atoms with Crippen LogP contribution >= 0.6 is 0 Å². The van der Waals surface area contributed by atoms with Crippen LogP contribution in [0.4, 0.5) is 5.69 Å². The van der Waals surface area contributed by atoms with Crippen molar-refractivity contribution in [1.82, 2.24) is 5.32 Å². The van der Waals surface area contributed by atoms with E-state index >= 15 is 0 Å². The molecular weight excluding hydrogens is 256 g/mol. The topological polar surface area (TPSA) is 78.4 Å². The van der Waals surface area contributed by atoms with E-state index in [1.807, 2.05) is 0 Å². The van der Waals surface area contributed by atoms with Gasteiger partial charge in [0, 0.05) is 5.69 Å². The molecule has 1 saturated carbocycles. The fourth-order valence-corrected chi connectivity index (χ4v) is 2.76. The first-order valence-electron chi connectivity index (χ1n) is 7.00. The molecule has 3 rings (SSSR count). The van der Waals surface area contributed by atoms with E-state index in [0.29, 0.717) is 18.5 Å². The lowest BCUT2D eigenvalue weighted by atomic mass is 9.96. The lowest BCUT2D eigenvalue weighted by molar-refractivity contribution is -0.140. The van der Waals surface area contributed by atoms with Crippen LogP contribution in [0.5, 0.6) is 0 Å². The van der Waals surface area contributed by atoms with E-state index in [-0.39, 0.29) is 11.9 Å². The summed E-state index contributed by atoms with van der Waals surface area (Å²) in [5.41, 5.74) is 0.853. The van der Waals surface area contributed by atoms with Gasteiger partial charge in [-0.1, -0.05) is 12.1 Å². The molecule has 1 saturated heterocycles. The van der Waals surface area contributed by atoms with Crippen molar-refractivity contribution in [2.24, 2.45) is 0 Å². The van der Waals surface area contributed by atoms with Crippen molar-refractivity contribution < 1.29 is 14.7 Å².